The van der Waals surface area contributed by atoms with Gasteiger partial charge in [0.2, 0.25) is 0 Å². The van der Waals surface area contributed by atoms with Gasteiger partial charge < -0.3 is 24.1 Å². The van der Waals surface area contributed by atoms with Crippen LogP contribution in [0.4, 0.5) is 0 Å². The first-order chi connectivity index (χ1) is 17.0. The van der Waals surface area contributed by atoms with Crippen molar-refractivity contribution in [2.75, 3.05) is 47.1 Å². The zero-order chi connectivity index (χ0) is 24.8. The van der Waals surface area contributed by atoms with Gasteiger partial charge in [0.25, 0.3) is 5.91 Å². The van der Waals surface area contributed by atoms with Crippen molar-refractivity contribution in [2.45, 2.75) is 25.8 Å². The van der Waals surface area contributed by atoms with Crippen molar-refractivity contribution in [3.05, 3.63) is 65.4 Å². The number of methoxy groups -OCH3 is 2. The van der Waals surface area contributed by atoms with E-state index in [4.69, 9.17) is 18.7 Å². The molecule has 0 spiro atoms. The Balaban J connectivity index is 1.47. The van der Waals surface area contributed by atoms with Crippen LogP contribution < -0.4 is 14.8 Å². The number of hydrogen-bond donors (Lipinski definition) is 1. The lowest BCUT2D eigenvalue weighted by atomic mass is 9.98. The van der Waals surface area contributed by atoms with E-state index in [1.165, 1.54) is 11.1 Å². The number of ether oxygens (including phenoxy) is 3. The smallest absolute Gasteiger partial charge is 0.273 e. The summed E-state index contributed by atoms with van der Waals surface area (Å²) in [6.45, 7) is 7.84. The molecule has 2 heterocycles. The first-order valence-electron chi connectivity index (χ1n) is 11.9. The Kier molecular flexibility index (Phi) is 8.05. The van der Waals surface area contributed by atoms with Gasteiger partial charge in [-0.2, -0.15) is 0 Å². The molecule has 2 aromatic carbocycles. The van der Waals surface area contributed by atoms with Gasteiger partial charge >= 0.3 is 0 Å². The van der Waals surface area contributed by atoms with Gasteiger partial charge in [0.05, 0.1) is 33.5 Å². The molecule has 1 aliphatic heterocycles. The first-order valence-corrected chi connectivity index (χ1v) is 11.9. The van der Waals surface area contributed by atoms with E-state index in [1.54, 1.807) is 32.4 Å². The van der Waals surface area contributed by atoms with Crippen LogP contribution in [-0.2, 0) is 4.74 Å². The van der Waals surface area contributed by atoms with Gasteiger partial charge in [0.1, 0.15) is 0 Å². The fourth-order valence-corrected chi connectivity index (χ4v) is 4.24. The Hall–Kier alpha value is -3.36. The molecule has 3 aromatic rings. The van der Waals surface area contributed by atoms with E-state index in [0.29, 0.717) is 42.9 Å². The fourth-order valence-electron chi connectivity index (χ4n) is 4.24. The Morgan fingerprint density at radius 1 is 1.00 bits per heavy atom. The molecule has 1 N–H and O–H groups in total. The highest BCUT2D eigenvalue weighted by molar-refractivity contribution is 5.93. The molecule has 4 rings (SSSR count). The number of carbonyl (C=O) groups excluding carboxylic acids is 1. The lowest BCUT2D eigenvalue weighted by Gasteiger charge is -2.35. The molecule has 8 nitrogen and oxygen atoms in total. The van der Waals surface area contributed by atoms with Gasteiger partial charge in [-0.05, 0) is 35.2 Å². The normalized spacial score (nSPS) is 15.1. The van der Waals surface area contributed by atoms with Crippen LogP contribution in [0.2, 0.25) is 0 Å². The van der Waals surface area contributed by atoms with E-state index < -0.39 is 0 Å². The molecular weight excluding hydrogens is 446 g/mol. The fraction of sp³-hybridized carbons (Fsp3) is 0.407. The molecule has 0 radical (unpaired) electrons. The van der Waals surface area contributed by atoms with Crippen molar-refractivity contribution in [2.24, 2.45) is 0 Å². The van der Waals surface area contributed by atoms with Crippen LogP contribution in [0, 0.1) is 0 Å². The second kappa shape index (κ2) is 11.4. The van der Waals surface area contributed by atoms with E-state index in [0.717, 1.165) is 18.7 Å². The predicted molar refractivity (Wildman–Crippen MR) is 133 cm³/mol. The Labute approximate surface area is 206 Å². The number of morpholine rings is 1. The summed E-state index contributed by atoms with van der Waals surface area (Å²) in [5.41, 5.74) is 3.43. The average molecular weight is 480 g/mol. The molecule has 1 fully saturated rings. The molecule has 0 aliphatic carbocycles. The van der Waals surface area contributed by atoms with Crippen molar-refractivity contribution in [1.29, 1.82) is 0 Å². The van der Waals surface area contributed by atoms with Crippen LogP contribution in [0.1, 0.15) is 47.4 Å². The number of nitrogens with one attached hydrogen (secondary N) is 1. The zero-order valence-electron chi connectivity index (χ0n) is 20.7. The molecule has 35 heavy (non-hydrogen) atoms. The predicted octanol–water partition coefficient (Wildman–Crippen LogP) is 4.29. The van der Waals surface area contributed by atoms with Crippen LogP contribution in [0.5, 0.6) is 11.5 Å². The van der Waals surface area contributed by atoms with Gasteiger partial charge in [-0.3, -0.25) is 9.69 Å². The third-order valence-electron chi connectivity index (χ3n) is 6.34. The number of rotatable bonds is 9. The maximum absolute atomic E-state index is 13.0. The lowest BCUT2D eigenvalue weighted by molar-refractivity contribution is 0.0162. The molecular formula is C27H33N3O5. The molecule has 0 bridgehead atoms. The molecule has 1 amide bonds. The summed E-state index contributed by atoms with van der Waals surface area (Å²) < 4.78 is 21.6. The number of amides is 1. The minimum atomic E-state index is -0.280. The number of aromatic nitrogens is 1. The second-order valence-corrected chi connectivity index (χ2v) is 8.84. The SMILES string of the molecule is COc1ccc(-c2cc(C(=O)NCC(c3ccc(C(C)C)cc3)N3CCOCC3)no2)cc1OC. The van der Waals surface area contributed by atoms with Gasteiger partial charge in [0, 0.05) is 31.3 Å². The number of benzene rings is 2. The largest absolute Gasteiger partial charge is 0.493 e. The maximum Gasteiger partial charge on any atom is 0.273 e. The summed E-state index contributed by atoms with van der Waals surface area (Å²) >= 11 is 0. The third kappa shape index (κ3) is 5.83. The lowest BCUT2D eigenvalue weighted by Crippen LogP contribution is -2.43. The Bertz CT molecular complexity index is 1120. The summed E-state index contributed by atoms with van der Waals surface area (Å²) in [5, 5.41) is 7.04. The molecule has 1 aromatic heterocycles. The summed E-state index contributed by atoms with van der Waals surface area (Å²) in [7, 11) is 3.15. The van der Waals surface area contributed by atoms with Gasteiger partial charge in [-0.1, -0.05) is 43.3 Å². The summed E-state index contributed by atoms with van der Waals surface area (Å²) in [5.74, 6) is 1.86. The van der Waals surface area contributed by atoms with Crippen molar-refractivity contribution in [3.63, 3.8) is 0 Å². The average Bonchev–Trinajstić information content (AvgIpc) is 3.40. The molecule has 1 unspecified atom stereocenters. The van der Waals surface area contributed by atoms with Crippen molar-refractivity contribution < 1.29 is 23.5 Å². The van der Waals surface area contributed by atoms with E-state index in [1.807, 2.05) is 6.07 Å². The monoisotopic (exact) mass is 479 g/mol. The van der Waals surface area contributed by atoms with Crippen LogP contribution in [-0.4, -0.2) is 63.0 Å². The van der Waals surface area contributed by atoms with Gasteiger partial charge in [0.15, 0.2) is 23.0 Å². The number of carbonyl (C=O) groups is 1. The number of nitrogens with zero attached hydrogens (tertiary/aromatic N) is 2. The molecule has 1 aliphatic rings. The van der Waals surface area contributed by atoms with Crippen LogP contribution in [0.15, 0.2) is 53.1 Å². The Morgan fingerprint density at radius 2 is 1.69 bits per heavy atom. The van der Waals surface area contributed by atoms with Crippen molar-refractivity contribution in [3.8, 4) is 22.8 Å². The van der Waals surface area contributed by atoms with Crippen LogP contribution >= 0.6 is 0 Å². The summed E-state index contributed by atoms with van der Waals surface area (Å²) in [6.07, 6.45) is 0. The molecule has 1 saturated heterocycles. The number of hydrogen-bond acceptors (Lipinski definition) is 7. The van der Waals surface area contributed by atoms with Gasteiger partial charge in [-0.15, -0.1) is 0 Å². The van der Waals surface area contributed by atoms with E-state index in [9.17, 15) is 4.79 Å². The van der Waals surface area contributed by atoms with E-state index >= 15 is 0 Å². The zero-order valence-corrected chi connectivity index (χ0v) is 20.7. The second-order valence-electron chi connectivity index (χ2n) is 8.84. The first kappa shape index (κ1) is 24.8. The molecule has 186 valence electrons. The Morgan fingerprint density at radius 3 is 2.34 bits per heavy atom. The van der Waals surface area contributed by atoms with Crippen LogP contribution in [0.25, 0.3) is 11.3 Å². The minimum absolute atomic E-state index is 0.0429. The minimum Gasteiger partial charge on any atom is -0.493 e. The summed E-state index contributed by atoms with van der Waals surface area (Å²) in [6, 6.07) is 15.7. The quantitative estimate of drug-likeness (QED) is 0.490. The van der Waals surface area contributed by atoms with E-state index in [-0.39, 0.29) is 17.6 Å². The molecule has 0 saturated carbocycles. The van der Waals surface area contributed by atoms with E-state index in [2.05, 4.69) is 53.5 Å². The van der Waals surface area contributed by atoms with Crippen molar-refractivity contribution >= 4 is 5.91 Å². The summed E-state index contributed by atoms with van der Waals surface area (Å²) in [4.78, 5) is 15.3. The van der Waals surface area contributed by atoms with Crippen molar-refractivity contribution in [1.82, 2.24) is 15.4 Å². The van der Waals surface area contributed by atoms with Gasteiger partial charge in [-0.25, -0.2) is 0 Å². The molecule has 1 atom stereocenters. The maximum atomic E-state index is 13.0. The molecule has 8 heteroatoms. The topological polar surface area (TPSA) is 86.1 Å². The highest BCUT2D eigenvalue weighted by atomic mass is 16.5. The highest BCUT2D eigenvalue weighted by Gasteiger charge is 2.24. The van der Waals surface area contributed by atoms with Crippen LogP contribution in [0.3, 0.4) is 0 Å². The highest BCUT2D eigenvalue weighted by Crippen LogP contribution is 2.32. The standard InChI is InChI=1S/C27H33N3O5/c1-18(2)19-5-7-20(8-6-19)23(30-11-13-34-14-12-30)17-28-27(31)22-16-25(35-29-22)21-9-10-24(32-3)26(15-21)33-4/h5-10,15-16,18,23H,11-14,17H2,1-4H3,(H,28,31). The third-order valence-corrected chi connectivity index (χ3v) is 6.34.